The average molecular weight is 471 g/mol. The zero-order chi connectivity index (χ0) is 24.1. The zero-order valence-corrected chi connectivity index (χ0v) is 23.4. The van der Waals surface area contributed by atoms with Gasteiger partial charge in [-0.1, -0.05) is 109 Å². The van der Waals surface area contributed by atoms with E-state index in [4.69, 9.17) is 0 Å². The molecule has 3 nitrogen and oxygen atoms in total. The van der Waals surface area contributed by atoms with Gasteiger partial charge in [-0.2, -0.15) is 0 Å². The minimum absolute atomic E-state index is 0.504. The van der Waals surface area contributed by atoms with Gasteiger partial charge < -0.3 is 4.48 Å². The van der Waals surface area contributed by atoms with Crippen LogP contribution in [0.5, 0.6) is 0 Å². The predicted molar refractivity (Wildman–Crippen MR) is 142 cm³/mol. The summed E-state index contributed by atoms with van der Waals surface area (Å²) >= 11 is 0. The minimum Gasteiger partial charge on any atom is -0.314 e. The normalized spacial score (nSPS) is 14.2. The molecule has 0 radical (unpaired) electrons. The Balaban J connectivity index is 3.55. The van der Waals surface area contributed by atoms with Crippen LogP contribution in [0.3, 0.4) is 0 Å². The molecule has 0 rings (SSSR count). The van der Waals surface area contributed by atoms with E-state index in [1.165, 1.54) is 103 Å². The van der Waals surface area contributed by atoms with E-state index in [1.54, 1.807) is 0 Å². The topological polar surface area (TPSA) is 34.1 Å². The quantitative estimate of drug-likeness (QED) is 0.0644. The molecule has 1 unspecified atom stereocenters. The molecule has 0 saturated heterocycles. The molecule has 1 atom stereocenters. The van der Waals surface area contributed by atoms with Gasteiger partial charge in [-0.25, -0.2) is 9.13 Å². The van der Waals surface area contributed by atoms with E-state index in [0.717, 1.165) is 19.3 Å². The largest absolute Gasteiger partial charge is 0.378 e. The maximum absolute atomic E-state index is 11.9. The summed E-state index contributed by atoms with van der Waals surface area (Å²) < 4.78 is 24.4. The van der Waals surface area contributed by atoms with Gasteiger partial charge >= 0.3 is 7.68 Å². The van der Waals surface area contributed by atoms with Gasteiger partial charge in [-0.3, -0.25) is 0 Å². The van der Waals surface area contributed by atoms with Crippen molar-refractivity contribution in [1.29, 1.82) is 0 Å². The molecule has 0 heterocycles. The van der Waals surface area contributed by atoms with Gasteiger partial charge in [0.05, 0.1) is 21.1 Å². The molecule has 0 aromatic carbocycles. The Bertz CT molecular complexity index is 514. The smallest absolute Gasteiger partial charge is 0.314 e. The van der Waals surface area contributed by atoms with Crippen LogP contribution >= 0.6 is 7.68 Å². The van der Waals surface area contributed by atoms with Gasteiger partial charge in [0.1, 0.15) is 0 Å². The monoisotopic (exact) mass is 470 g/mol. The number of quaternary nitrogens is 1. The fourth-order valence-corrected chi connectivity index (χ4v) is 5.90. The fourth-order valence-electron chi connectivity index (χ4n) is 4.81. The van der Waals surface area contributed by atoms with Crippen molar-refractivity contribution in [3.8, 4) is 0 Å². The third kappa shape index (κ3) is 14.7. The van der Waals surface area contributed by atoms with Crippen molar-refractivity contribution in [2.24, 2.45) is 0 Å². The van der Waals surface area contributed by atoms with Crippen LogP contribution in [0.4, 0.5) is 0 Å². The van der Waals surface area contributed by atoms with Crippen LogP contribution in [0.25, 0.3) is 0 Å². The van der Waals surface area contributed by atoms with Gasteiger partial charge in [-0.15, -0.1) is 0 Å². The highest BCUT2D eigenvalue weighted by atomic mass is 31.1. The lowest BCUT2D eigenvalue weighted by Gasteiger charge is -2.40. The molecule has 32 heavy (non-hydrogen) atoms. The second-order valence-corrected chi connectivity index (χ2v) is 12.1. The number of unbranched alkanes of at least 4 members (excludes halogenated alkanes) is 16. The maximum atomic E-state index is 11.9. The third-order valence-corrected chi connectivity index (χ3v) is 9.06. The summed E-state index contributed by atoms with van der Waals surface area (Å²) in [5.41, 5.74) is 0. The summed E-state index contributed by atoms with van der Waals surface area (Å²) in [6.45, 7) is 4.29. The molecular formula is C28H57NO2P+. The van der Waals surface area contributed by atoms with E-state index >= 15 is 0 Å². The molecular weight excluding hydrogens is 413 g/mol. The van der Waals surface area contributed by atoms with Gasteiger partial charge in [-0.05, 0) is 32.1 Å². The van der Waals surface area contributed by atoms with Gasteiger partial charge in [0.2, 0.25) is 5.28 Å². The number of hydrogen-bond acceptors (Lipinski definition) is 2. The third-order valence-electron chi connectivity index (χ3n) is 7.24. The van der Waals surface area contributed by atoms with Crippen molar-refractivity contribution in [3.63, 3.8) is 0 Å². The summed E-state index contributed by atoms with van der Waals surface area (Å²) in [6.07, 6.45) is 30.1. The van der Waals surface area contributed by atoms with Crippen molar-refractivity contribution in [2.45, 2.75) is 148 Å². The molecule has 0 aliphatic heterocycles. The Labute approximate surface area is 202 Å². The molecule has 0 amide bonds. The maximum Gasteiger partial charge on any atom is 0.378 e. The van der Waals surface area contributed by atoms with E-state index < -0.39 is 13.0 Å². The van der Waals surface area contributed by atoms with E-state index in [9.17, 15) is 9.13 Å². The van der Waals surface area contributed by atoms with Crippen LogP contribution in [0, 0.1) is 0 Å². The van der Waals surface area contributed by atoms with Gasteiger partial charge in [0.25, 0.3) is 0 Å². The second-order valence-electron chi connectivity index (χ2n) is 10.7. The Kier molecular flexibility index (Phi) is 19.8. The molecule has 0 saturated carbocycles. The van der Waals surface area contributed by atoms with E-state index in [1.807, 2.05) is 28.1 Å². The molecule has 0 aromatic heterocycles. The van der Waals surface area contributed by atoms with E-state index in [-0.39, 0.29) is 0 Å². The summed E-state index contributed by atoms with van der Waals surface area (Å²) in [5.74, 6) is 0. The van der Waals surface area contributed by atoms with Crippen LogP contribution in [0.15, 0.2) is 12.2 Å². The Morgan fingerprint density at radius 1 is 0.594 bits per heavy atom. The summed E-state index contributed by atoms with van der Waals surface area (Å²) in [6, 6.07) is 0. The lowest BCUT2D eigenvalue weighted by molar-refractivity contribution is -0.908. The van der Waals surface area contributed by atoms with Crippen molar-refractivity contribution in [2.75, 3.05) is 21.1 Å². The highest BCUT2D eigenvalue weighted by Crippen LogP contribution is 2.43. The second kappa shape index (κ2) is 20.0. The van der Waals surface area contributed by atoms with E-state index in [2.05, 4.69) is 19.1 Å². The number of nitrogens with zero attached hydrogens (tertiary/aromatic N) is 1. The SMILES string of the molecule is CCCCCCCCCCCCCCC=CCCCCCCC(CC)(P(=O)=O)[N+](C)(C)C. The van der Waals surface area contributed by atoms with Crippen molar-refractivity contribution < 1.29 is 13.6 Å². The lowest BCUT2D eigenvalue weighted by atomic mass is 10.0. The van der Waals surface area contributed by atoms with Crippen molar-refractivity contribution in [3.05, 3.63) is 12.2 Å². The molecule has 0 aliphatic rings. The molecule has 0 bridgehead atoms. The molecule has 0 N–H and O–H groups in total. The lowest BCUT2D eigenvalue weighted by Crippen LogP contribution is -2.53. The molecule has 0 spiro atoms. The minimum atomic E-state index is -2.42. The average Bonchev–Trinajstić information content (AvgIpc) is 2.74. The number of hydrogen-bond donors (Lipinski definition) is 0. The zero-order valence-electron chi connectivity index (χ0n) is 22.5. The van der Waals surface area contributed by atoms with Crippen molar-refractivity contribution >= 4 is 7.68 Å². The number of allylic oxidation sites excluding steroid dienone is 2. The molecule has 0 aliphatic carbocycles. The van der Waals surface area contributed by atoms with Crippen LogP contribution in [0.1, 0.15) is 142 Å². The van der Waals surface area contributed by atoms with Crippen LogP contribution < -0.4 is 0 Å². The van der Waals surface area contributed by atoms with Gasteiger partial charge in [0, 0.05) is 12.8 Å². The fraction of sp³-hybridized carbons (Fsp3) is 0.929. The highest BCUT2D eigenvalue weighted by Gasteiger charge is 2.46. The van der Waals surface area contributed by atoms with Crippen LogP contribution in [-0.4, -0.2) is 30.9 Å². The molecule has 4 heteroatoms. The first-order chi connectivity index (χ1) is 15.3. The highest BCUT2D eigenvalue weighted by molar-refractivity contribution is 7.32. The summed E-state index contributed by atoms with van der Waals surface area (Å²) in [4.78, 5) is 0. The summed E-state index contributed by atoms with van der Waals surface area (Å²) in [5, 5.41) is -0.608. The van der Waals surface area contributed by atoms with E-state index in [0.29, 0.717) is 10.9 Å². The first-order valence-corrected chi connectivity index (χ1v) is 15.1. The van der Waals surface area contributed by atoms with Crippen LogP contribution in [0.2, 0.25) is 0 Å². The molecule has 190 valence electrons. The first kappa shape index (κ1) is 31.6. The Morgan fingerprint density at radius 2 is 0.969 bits per heavy atom. The predicted octanol–water partition coefficient (Wildman–Crippen LogP) is 9.96. The molecule has 0 aromatic rings. The first-order valence-electron chi connectivity index (χ1n) is 13.9. The Morgan fingerprint density at radius 3 is 1.31 bits per heavy atom. The standard InChI is InChI=1S/C28H57NO2P/c1-6-8-9-10-11-12-13-14-15-16-17-18-19-20-21-22-23-24-25-26-27-28(7-2,32(30)31)29(3,4)5/h20-21H,6-19,22-27H2,1-5H3/q+1. The number of rotatable bonds is 23. The summed E-state index contributed by atoms with van der Waals surface area (Å²) in [7, 11) is 3.61. The van der Waals surface area contributed by atoms with Gasteiger partial charge in [0.15, 0.2) is 0 Å². The Hall–Kier alpha value is -0.400. The van der Waals surface area contributed by atoms with Crippen molar-refractivity contribution in [1.82, 2.24) is 0 Å². The molecule has 0 fully saturated rings. The van der Waals surface area contributed by atoms with Crippen LogP contribution in [-0.2, 0) is 9.13 Å².